The minimum Gasteiger partial charge on any atom is -0.494 e. The van der Waals surface area contributed by atoms with Gasteiger partial charge < -0.3 is 15.2 Å². The maximum Gasteiger partial charge on any atom is 0.326 e. The number of unbranched alkanes of at least 4 members (excludes halogenated alkanes) is 3. The van der Waals surface area contributed by atoms with Gasteiger partial charge in [0.05, 0.1) is 6.61 Å². The zero-order valence-corrected chi connectivity index (χ0v) is 14.0. The fourth-order valence-corrected chi connectivity index (χ4v) is 2.21. The number of aliphatic carboxylic acids is 1. The number of hydrogen-bond donors (Lipinski definition) is 2. The van der Waals surface area contributed by atoms with Crippen molar-refractivity contribution in [1.82, 2.24) is 5.32 Å². The fraction of sp³-hybridized carbons (Fsp3) is 0.556. The first kappa shape index (κ1) is 19.0. The van der Waals surface area contributed by atoms with Crippen LogP contribution in [0, 0.1) is 0 Å². The highest BCUT2D eigenvalue weighted by molar-refractivity contribution is 5.96. The van der Waals surface area contributed by atoms with E-state index in [-0.39, 0.29) is 5.91 Å². The number of nitrogens with one attached hydrogen (secondary N) is 1. The number of rotatable bonds is 11. The van der Waals surface area contributed by atoms with Crippen LogP contribution in [-0.2, 0) is 4.79 Å². The van der Waals surface area contributed by atoms with Gasteiger partial charge in [-0.05, 0) is 37.1 Å². The Kier molecular flexibility index (Phi) is 8.80. The summed E-state index contributed by atoms with van der Waals surface area (Å²) in [6, 6.07) is 5.94. The fourth-order valence-electron chi connectivity index (χ4n) is 2.21. The first-order valence-corrected chi connectivity index (χ1v) is 8.35. The standard InChI is InChI=1S/C18H27NO4/c1-3-5-6-7-13-23-15-11-9-14(10-12-15)17(20)19-16(8-4-2)18(21)22/h9-12,16H,3-8,13H2,1-2H3,(H,19,20)(H,21,22)/t16-/m1/s1. The molecule has 128 valence electrons. The summed E-state index contributed by atoms with van der Waals surface area (Å²) >= 11 is 0. The van der Waals surface area contributed by atoms with Gasteiger partial charge in [0.25, 0.3) is 5.91 Å². The molecule has 0 heterocycles. The van der Waals surface area contributed by atoms with E-state index >= 15 is 0 Å². The molecule has 0 unspecified atom stereocenters. The Morgan fingerprint density at radius 2 is 1.78 bits per heavy atom. The Morgan fingerprint density at radius 1 is 1.09 bits per heavy atom. The van der Waals surface area contributed by atoms with Crippen LogP contribution >= 0.6 is 0 Å². The molecule has 2 N–H and O–H groups in total. The normalized spacial score (nSPS) is 11.7. The van der Waals surface area contributed by atoms with Crippen LogP contribution in [0.4, 0.5) is 0 Å². The Bertz CT molecular complexity index is 484. The smallest absolute Gasteiger partial charge is 0.326 e. The summed E-state index contributed by atoms with van der Waals surface area (Å²) in [7, 11) is 0. The topological polar surface area (TPSA) is 75.6 Å². The highest BCUT2D eigenvalue weighted by Gasteiger charge is 2.19. The third-order valence-corrected chi connectivity index (χ3v) is 3.56. The lowest BCUT2D eigenvalue weighted by molar-refractivity contribution is -0.139. The third kappa shape index (κ3) is 7.17. The molecule has 23 heavy (non-hydrogen) atoms. The van der Waals surface area contributed by atoms with Gasteiger partial charge in [-0.1, -0.05) is 39.5 Å². The van der Waals surface area contributed by atoms with Crippen LogP contribution in [0.3, 0.4) is 0 Å². The van der Waals surface area contributed by atoms with Gasteiger partial charge in [0.1, 0.15) is 11.8 Å². The molecule has 0 radical (unpaired) electrons. The van der Waals surface area contributed by atoms with Crippen LogP contribution in [0.2, 0.25) is 0 Å². The molecule has 0 aromatic heterocycles. The van der Waals surface area contributed by atoms with Crippen molar-refractivity contribution in [2.45, 2.75) is 58.4 Å². The molecule has 5 nitrogen and oxygen atoms in total. The van der Waals surface area contributed by atoms with Gasteiger partial charge in [-0.15, -0.1) is 0 Å². The number of carboxylic acid groups (broad SMARTS) is 1. The van der Waals surface area contributed by atoms with Crippen LogP contribution in [-0.4, -0.2) is 29.6 Å². The van der Waals surface area contributed by atoms with Crippen LogP contribution < -0.4 is 10.1 Å². The Balaban J connectivity index is 2.48. The molecule has 0 aliphatic carbocycles. The van der Waals surface area contributed by atoms with E-state index in [1.807, 2.05) is 6.92 Å². The summed E-state index contributed by atoms with van der Waals surface area (Å²) < 4.78 is 5.62. The van der Waals surface area contributed by atoms with E-state index in [0.29, 0.717) is 25.0 Å². The van der Waals surface area contributed by atoms with Gasteiger partial charge in [0.2, 0.25) is 0 Å². The van der Waals surface area contributed by atoms with Gasteiger partial charge in [0.15, 0.2) is 0 Å². The molecule has 0 bridgehead atoms. The van der Waals surface area contributed by atoms with E-state index in [9.17, 15) is 9.59 Å². The lowest BCUT2D eigenvalue weighted by Crippen LogP contribution is -2.40. The average molecular weight is 321 g/mol. The molecule has 5 heteroatoms. The molecule has 0 saturated carbocycles. The highest BCUT2D eigenvalue weighted by Crippen LogP contribution is 2.13. The van der Waals surface area contributed by atoms with Crippen LogP contribution in [0.15, 0.2) is 24.3 Å². The van der Waals surface area contributed by atoms with Crippen molar-refractivity contribution in [2.24, 2.45) is 0 Å². The first-order valence-electron chi connectivity index (χ1n) is 8.35. The second kappa shape index (κ2) is 10.6. The minimum atomic E-state index is -1.01. The maximum atomic E-state index is 12.1. The molecule has 0 aliphatic rings. The van der Waals surface area contributed by atoms with Crippen molar-refractivity contribution < 1.29 is 19.4 Å². The summed E-state index contributed by atoms with van der Waals surface area (Å²) in [5.41, 5.74) is 0.436. The SMILES string of the molecule is CCCCCCOc1ccc(C(=O)N[C@H](CCC)C(=O)O)cc1. The summed E-state index contributed by atoms with van der Waals surface area (Å²) in [4.78, 5) is 23.1. The molecule has 0 fully saturated rings. The molecule has 1 rings (SSSR count). The lowest BCUT2D eigenvalue weighted by atomic mass is 10.1. The van der Waals surface area contributed by atoms with Crippen LogP contribution in [0.25, 0.3) is 0 Å². The average Bonchev–Trinajstić information content (AvgIpc) is 2.54. The van der Waals surface area contributed by atoms with E-state index in [4.69, 9.17) is 9.84 Å². The number of ether oxygens (including phenoxy) is 1. The lowest BCUT2D eigenvalue weighted by Gasteiger charge is -2.13. The number of hydrogen-bond acceptors (Lipinski definition) is 3. The van der Waals surface area contributed by atoms with E-state index in [0.717, 1.165) is 18.6 Å². The Morgan fingerprint density at radius 3 is 2.35 bits per heavy atom. The zero-order valence-electron chi connectivity index (χ0n) is 14.0. The Labute approximate surface area is 138 Å². The summed E-state index contributed by atoms with van der Waals surface area (Å²) in [5.74, 6) is -0.658. The van der Waals surface area contributed by atoms with Gasteiger partial charge >= 0.3 is 5.97 Å². The molecule has 1 atom stereocenters. The zero-order chi connectivity index (χ0) is 17.1. The van der Waals surface area contributed by atoms with Crippen molar-refractivity contribution in [1.29, 1.82) is 0 Å². The van der Waals surface area contributed by atoms with Crippen molar-refractivity contribution in [3.63, 3.8) is 0 Å². The minimum absolute atomic E-state index is 0.375. The predicted octanol–water partition coefficient (Wildman–Crippen LogP) is 3.63. The van der Waals surface area contributed by atoms with E-state index in [1.165, 1.54) is 12.8 Å². The quantitative estimate of drug-likeness (QED) is 0.610. The molecule has 1 aromatic carbocycles. The molecule has 1 aromatic rings. The molecular formula is C18H27NO4. The first-order chi connectivity index (χ1) is 11.1. The van der Waals surface area contributed by atoms with Crippen molar-refractivity contribution >= 4 is 11.9 Å². The summed E-state index contributed by atoms with van der Waals surface area (Å²) in [6.45, 7) is 4.72. The van der Waals surface area contributed by atoms with Crippen LogP contribution in [0.1, 0.15) is 62.7 Å². The van der Waals surface area contributed by atoms with E-state index in [2.05, 4.69) is 12.2 Å². The molecule has 0 saturated heterocycles. The number of benzene rings is 1. The largest absolute Gasteiger partial charge is 0.494 e. The number of amides is 1. The monoisotopic (exact) mass is 321 g/mol. The summed E-state index contributed by atoms with van der Waals surface area (Å²) in [6.07, 6.45) is 5.70. The van der Waals surface area contributed by atoms with E-state index < -0.39 is 12.0 Å². The van der Waals surface area contributed by atoms with Gasteiger partial charge in [-0.2, -0.15) is 0 Å². The van der Waals surface area contributed by atoms with Gasteiger partial charge in [0, 0.05) is 5.56 Å². The number of carbonyl (C=O) groups excluding carboxylic acids is 1. The molecule has 1 amide bonds. The number of carboxylic acids is 1. The maximum absolute atomic E-state index is 12.1. The van der Waals surface area contributed by atoms with Crippen molar-refractivity contribution in [3.8, 4) is 5.75 Å². The van der Waals surface area contributed by atoms with Gasteiger partial charge in [-0.25, -0.2) is 4.79 Å². The van der Waals surface area contributed by atoms with E-state index in [1.54, 1.807) is 24.3 Å². The van der Waals surface area contributed by atoms with Crippen molar-refractivity contribution in [3.05, 3.63) is 29.8 Å². The predicted molar refractivity (Wildman–Crippen MR) is 89.9 cm³/mol. The second-order valence-electron chi connectivity index (χ2n) is 5.59. The summed E-state index contributed by atoms with van der Waals surface area (Å²) in [5, 5.41) is 11.6. The van der Waals surface area contributed by atoms with Gasteiger partial charge in [-0.3, -0.25) is 4.79 Å². The van der Waals surface area contributed by atoms with Crippen molar-refractivity contribution in [2.75, 3.05) is 6.61 Å². The second-order valence-corrected chi connectivity index (χ2v) is 5.59. The molecular weight excluding hydrogens is 294 g/mol. The Hall–Kier alpha value is -2.04. The van der Waals surface area contributed by atoms with Crippen LogP contribution in [0.5, 0.6) is 5.75 Å². The molecule has 0 aliphatic heterocycles. The third-order valence-electron chi connectivity index (χ3n) is 3.56. The highest BCUT2D eigenvalue weighted by atomic mass is 16.5. The molecule has 0 spiro atoms. The number of carbonyl (C=O) groups is 2.